The molecule has 0 aliphatic rings. The van der Waals surface area contributed by atoms with E-state index in [1.54, 1.807) is 12.5 Å². The standard InChI is InChI=1S/C18H15N3/c1-15-6-5-9-17(12-15)18(13-19,21-11-10-20-14-21)16-7-3-2-4-8-16/h2-12,14H,1H3. The van der Waals surface area contributed by atoms with E-state index in [0.717, 1.165) is 16.7 Å². The van der Waals surface area contributed by atoms with Gasteiger partial charge >= 0.3 is 0 Å². The molecule has 3 rings (SSSR count). The van der Waals surface area contributed by atoms with E-state index in [9.17, 15) is 5.26 Å². The molecule has 2 aromatic carbocycles. The fraction of sp³-hybridized carbons (Fsp3) is 0.111. The molecule has 0 aliphatic heterocycles. The summed E-state index contributed by atoms with van der Waals surface area (Å²) in [6, 6.07) is 20.4. The molecule has 1 aromatic heterocycles. The predicted molar refractivity (Wildman–Crippen MR) is 81.6 cm³/mol. The topological polar surface area (TPSA) is 41.6 Å². The van der Waals surface area contributed by atoms with Crippen molar-refractivity contribution in [3.8, 4) is 6.07 Å². The van der Waals surface area contributed by atoms with Gasteiger partial charge in [0.2, 0.25) is 0 Å². The van der Waals surface area contributed by atoms with Gasteiger partial charge in [-0.2, -0.15) is 5.26 Å². The van der Waals surface area contributed by atoms with E-state index < -0.39 is 5.54 Å². The second-order valence-corrected chi connectivity index (χ2v) is 5.03. The first-order chi connectivity index (χ1) is 10.3. The monoisotopic (exact) mass is 273 g/mol. The number of hydrogen-bond donors (Lipinski definition) is 0. The Labute approximate surface area is 124 Å². The first-order valence-corrected chi connectivity index (χ1v) is 6.80. The average molecular weight is 273 g/mol. The van der Waals surface area contributed by atoms with Crippen LogP contribution in [-0.4, -0.2) is 9.55 Å². The highest BCUT2D eigenvalue weighted by molar-refractivity contribution is 5.47. The van der Waals surface area contributed by atoms with Crippen molar-refractivity contribution in [2.24, 2.45) is 0 Å². The van der Waals surface area contributed by atoms with Crippen molar-refractivity contribution in [3.63, 3.8) is 0 Å². The molecule has 0 radical (unpaired) electrons. The number of rotatable bonds is 3. The van der Waals surface area contributed by atoms with Crippen LogP contribution in [0.4, 0.5) is 0 Å². The third kappa shape index (κ3) is 2.11. The van der Waals surface area contributed by atoms with E-state index in [4.69, 9.17) is 0 Å². The Morgan fingerprint density at radius 3 is 2.43 bits per heavy atom. The Morgan fingerprint density at radius 2 is 1.81 bits per heavy atom. The van der Waals surface area contributed by atoms with E-state index >= 15 is 0 Å². The summed E-state index contributed by atoms with van der Waals surface area (Å²) in [5.74, 6) is 0. The Balaban J connectivity index is 2.33. The van der Waals surface area contributed by atoms with Crippen molar-refractivity contribution >= 4 is 0 Å². The lowest BCUT2D eigenvalue weighted by atomic mass is 9.83. The number of benzene rings is 2. The van der Waals surface area contributed by atoms with Crippen molar-refractivity contribution in [1.29, 1.82) is 5.26 Å². The van der Waals surface area contributed by atoms with Gasteiger partial charge in [-0.15, -0.1) is 0 Å². The first-order valence-electron chi connectivity index (χ1n) is 6.80. The molecular weight excluding hydrogens is 258 g/mol. The van der Waals surface area contributed by atoms with Gasteiger partial charge in [-0.25, -0.2) is 4.98 Å². The SMILES string of the molecule is Cc1cccc(C(C#N)(c2ccccc2)n2ccnc2)c1. The van der Waals surface area contributed by atoms with Crippen LogP contribution in [0.2, 0.25) is 0 Å². The van der Waals surface area contributed by atoms with Crippen molar-refractivity contribution < 1.29 is 0 Å². The lowest BCUT2D eigenvalue weighted by Crippen LogP contribution is -2.33. The highest BCUT2D eigenvalue weighted by atomic mass is 15.1. The molecule has 0 amide bonds. The zero-order valence-corrected chi connectivity index (χ0v) is 11.8. The third-order valence-corrected chi connectivity index (χ3v) is 3.68. The Bertz CT molecular complexity index is 770. The lowest BCUT2D eigenvalue weighted by Gasteiger charge is -2.29. The number of imidazole rings is 1. The van der Waals surface area contributed by atoms with Crippen molar-refractivity contribution in [3.05, 3.63) is 90.0 Å². The minimum atomic E-state index is -0.899. The normalized spacial score (nSPS) is 13.3. The second kappa shape index (κ2) is 5.26. The molecular formula is C18H15N3. The maximum Gasteiger partial charge on any atom is 0.183 e. The lowest BCUT2D eigenvalue weighted by molar-refractivity contribution is 0.547. The van der Waals surface area contributed by atoms with Crippen LogP contribution < -0.4 is 0 Å². The molecule has 0 saturated heterocycles. The summed E-state index contributed by atoms with van der Waals surface area (Å²) in [5.41, 5.74) is 2.09. The first kappa shape index (κ1) is 13.1. The van der Waals surface area contributed by atoms with Crippen LogP contribution in [0.5, 0.6) is 0 Å². The summed E-state index contributed by atoms with van der Waals surface area (Å²) < 4.78 is 1.86. The Morgan fingerprint density at radius 1 is 1.05 bits per heavy atom. The number of nitrogens with zero attached hydrogens (tertiary/aromatic N) is 3. The molecule has 0 aliphatic carbocycles. The van der Waals surface area contributed by atoms with E-state index in [-0.39, 0.29) is 0 Å². The van der Waals surface area contributed by atoms with Crippen LogP contribution in [0.3, 0.4) is 0 Å². The zero-order valence-electron chi connectivity index (χ0n) is 11.8. The average Bonchev–Trinajstić information content (AvgIpc) is 3.05. The van der Waals surface area contributed by atoms with Crippen LogP contribution in [0.15, 0.2) is 73.3 Å². The maximum atomic E-state index is 10.0. The molecule has 3 heteroatoms. The van der Waals surface area contributed by atoms with Gasteiger partial charge < -0.3 is 4.57 Å². The third-order valence-electron chi connectivity index (χ3n) is 3.68. The summed E-state index contributed by atoms with van der Waals surface area (Å²) in [5, 5.41) is 10.0. The van der Waals surface area contributed by atoms with Gasteiger partial charge in [-0.05, 0) is 18.1 Å². The van der Waals surface area contributed by atoms with Crippen LogP contribution in [-0.2, 0) is 5.54 Å². The molecule has 0 fully saturated rings. The van der Waals surface area contributed by atoms with Gasteiger partial charge in [0.25, 0.3) is 0 Å². The van der Waals surface area contributed by atoms with Gasteiger partial charge in [0.1, 0.15) is 6.07 Å². The molecule has 0 saturated carbocycles. The highest BCUT2D eigenvalue weighted by Gasteiger charge is 2.36. The van der Waals surface area contributed by atoms with Crippen molar-refractivity contribution in [1.82, 2.24) is 9.55 Å². The predicted octanol–water partition coefficient (Wildman–Crippen LogP) is 3.51. The van der Waals surface area contributed by atoms with Gasteiger partial charge in [0, 0.05) is 12.4 Å². The summed E-state index contributed by atoms with van der Waals surface area (Å²) in [6.07, 6.45) is 5.22. The summed E-state index contributed by atoms with van der Waals surface area (Å²) in [7, 11) is 0. The summed E-state index contributed by atoms with van der Waals surface area (Å²) in [6.45, 7) is 2.03. The van der Waals surface area contributed by atoms with E-state index in [2.05, 4.69) is 17.1 Å². The second-order valence-electron chi connectivity index (χ2n) is 5.03. The van der Waals surface area contributed by atoms with Gasteiger partial charge in [0.15, 0.2) is 5.54 Å². The maximum absolute atomic E-state index is 10.0. The molecule has 102 valence electrons. The highest BCUT2D eigenvalue weighted by Crippen LogP contribution is 2.33. The molecule has 1 unspecified atom stereocenters. The van der Waals surface area contributed by atoms with Crippen LogP contribution in [0, 0.1) is 18.3 Å². The molecule has 21 heavy (non-hydrogen) atoms. The molecule has 3 nitrogen and oxygen atoms in total. The molecule has 1 atom stereocenters. The van der Waals surface area contributed by atoms with Crippen molar-refractivity contribution in [2.75, 3.05) is 0 Å². The molecule has 0 spiro atoms. The van der Waals surface area contributed by atoms with E-state index in [0.29, 0.717) is 0 Å². The number of hydrogen-bond acceptors (Lipinski definition) is 2. The van der Waals surface area contributed by atoms with Gasteiger partial charge in [0.05, 0.1) is 6.33 Å². The fourth-order valence-corrected chi connectivity index (χ4v) is 2.66. The van der Waals surface area contributed by atoms with E-state index in [1.807, 2.05) is 66.2 Å². The minimum Gasteiger partial charge on any atom is -0.311 e. The zero-order chi connectivity index (χ0) is 14.7. The van der Waals surface area contributed by atoms with E-state index in [1.165, 1.54) is 0 Å². The van der Waals surface area contributed by atoms with Crippen LogP contribution >= 0.6 is 0 Å². The largest absolute Gasteiger partial charge is 0.311 e. The minimum absolute atomic E-state index is 0.899. The smallest absolute Gasteiger partial charge is 0.183 e. The van der Waals surface area contributed by atoms with Crippen LogP contribution in [0.1, 0.15) is 16.7 Å². The summed E-state index contributed by atoms with van der Waals surface area (Å²) >= 11 is 0. The molecule has 0 bridgehead atoms. The number of aryl methyl sites for hydroxylation is 1. The van der Waals surface area contributed by atoms with Crippen LogP contribution in [0.25, 0.3) is 0 Å². The van der Waals surface area contributed by atoms with Gasteiger partial charge in [-0.1, -0.05) is 60.2 Å². The fourth-order valence-electron chi connectivity index (χ4n) is 2.66. The quantitative estimate of drug-likeness (QED) is 0.732. The number of nitriles is 1. The van der Waals surface area contributed by atoms with Gasteiger partial charge in [-0.3, -0.25) is 0 Å². The molecule has 0 N–H and O–H groups in total. The molecule has 1 heterocycles. The Kier molecular flexibility index (Phi) is 3.29. The molecule has 3 aromatic rings. The summed E-state index contributed by atoms with van der Waals surface area (Å²) in [4.78, 5) is 4.12. The van der Waals surface area contributed by atoms with Crippen molar-refractivity contribution in [2.45, 2.75) is 12.5 Å². The number of aromatic nitrogens is 2. The Hall–Kier alpha value is -2.86.